The molecular formula is C12H15BrO. The quantitative estimate of drug-likeness (QED) is 0.746. The van der Waals surface area contributed by atoms with Crippen LogP contribution in [0.15, 0.2) is 18.2 Å². The summed E-state index contributed by atoms with van der Waals surface area (Å²) < 4.78 is -0.0200. The maximum atomic E-state index is 11.2. The Hall–Kier alpha value is -0.630. The van der Waals surface area contributed by atoms with E-state index in [-0.39, 0.29) is 4.69 Å². The zero-order valence-electron chi connectivity index (χ0n) is 8.64. The summed E-state index contributed by atoms with van der Waals surface area (Å²) >= 11 is 3.00. The standard InChI is InChI=1S/C12H15BrO/c1-3-4-6-10-7-5-8-11(9(10)2)12(13)14/h5,7-8H,3-4,6H2,1-2H3. The molecule has 0 spiro atoms. The number of rotatable bonds is 4. The van der Waals surface area contributed by atoms with Gasteiger partial charge in [-0.2, -0.15) is 0 Å². The number of aryl methyl sites for hydroxylation is 1. The number of benzene rings is 1. The molecule has 1 aromatic rings. The molecule has 0 heterocycles. The minimum Gasteiger partial charge on any atom is -0.281 e. The third-order valence-corrected chi connectivity index (χ3v) is 2.88. The van der Waals surface area contributed by atoms with Crippen LogP contribution in [0.4, 0.5) is 0 Å². The van der Waals surface area contributed by atoms with E-state index in [9.17, 15) is 4.79 Å². The lowest BCUT2D eigenvalue weighted by Crippen LogP contribution is -1.98. The van der Waals surface area contributed by atoms with Crippen molar-refractivity contribution in [2.45, 2.75) is 33.1 Å². The highest BCUT2D eigenvalue weighted by atomic mass is 79.9. The van der Waals surface area contributed by atoms with Crippen molar-refractivity contribution in [1.29, 1.82) is 0 Å². The van der Waals surface area contributed by atoms with Crippen molar-refractivity contribution in [3.8, 4) is 0 Å². The number of carbonyl (C=O) groups is 1. The second kappa shape index (κ2) is 5.30. The molecule has 0 amide bonds. The van der Waals surface area contributed by atoms with Gasteiger partial charge in [-0.3, -0.25) is 4.79 Å². The van der Waals surface area contributed by atoms with Crippen LogP contribution in [-0.4, -0.2) is 4.69 Å². The Morgan fingerprint density at radius 3 is 2.71 bits per heavy atom. The van der Waals surface area contributed by atoms with Gasteiger partial charge in [0.25, 0.3) is 0 Å². The van der Waals surface area contributed by atoms with Crippen LogP contribution >= 0.6 is 15.9 Å². The molecule has 0 atom stereocenters. The van der Waals surface area contributed by atoms with E-state index in [0.29, 0.717) is 0 Å². The lowest BCUT2D eigenvalue weighted by atomic mass is 9.99. The first-order chi connectivity index (χ1) is 6.66. The smallest absolute Gasteiger partial charge is 0.228 e. The minimum absolute atomic E-state index is 0.0200. The fraction of sp³-hybridized carbons (Fsp3) is 0.417. The van der Waals surface area contributed by atoms with Gasteiger partial charge in [0, 0.05) is 5.56 Å². The van der Waals surface area contributed by atoms with Crippen LogP contribution in [0.5, 0.6) is 0 Å². The third kappa shape index (κ3) is 2.68. The summed E-state index contributed by atoms with van der Waals surface area (Å²) in [5.41, 5.74) is 3.19. The van der Waals surface area contributed by atoms with Crippen molar-refractivity contribution in [1.82, 2.24) is 0 Å². The topological polar surface area (TPSA) is 17.1 Å². The van der Waals surface area contributed by atoms with E-state index in [2.05, 4.69) is 28.9 Å². The van der Waals surface area contributed by atoms with E-state index in [1.54, 1.807) is 0 Å². The molecule has 0 saturated carbocycles. The molecule has 14 heavy (non-hydrogen) atoms. The second-order valence-electron chi connectivity index (χ2n) is 3.47. The van der Waals surface area contributed by atoms with E-state index in [1.807, 2.05) is 19.1 Å². The van der Waals surface area contributed by atoms with E-state index in [0.717, 1.165) is 17.5 Å². The van der Waals surface area contributed by atoms with E-state index >= 15 is 0 Å². The SMILES string of the molecule is CCCCc1cccc(C(=O)Br)c1C. The maximum absolute atomic E-state index is 11.2. The zero-order valence-corrected chi connectivity index (χ0v) is 10.2. The number of halogens is 1. The largest absolute Gasteiger partial charge is 0.281 e. The summed E-state index contributed by atoms with van der Waals surface area (Å²) in [6, 6.07) is 5.92. The Bertz CT molecular complexity index is 331. The van der Waals surface area contributed by atoms with Crippen LogP contribution in [-0.2, 0) is 6.42 Å². The molecule has 0 aliphatic carbocycles. The number of hydrogen-bond donors (Lipinski definition) is 0. The Kier molecular flexibility index (Phi) is 4.33. The van der Waals surface area contributed by atoms with Crippen LogP contribution in [0.25, 0.3) is 0 Å². The molecule has 0 unspecified atom stereocenters. The van der Waals surface area contributed by atoms with Crippen LogP contribution in [0.1, 0.15) is 41.3 Å². The summed E-state index contributed by atoms with van der Waals surface area (Å²) in [6.07, 6.45) is 3.43. The predicted octanol–water partition coefficient (Wildman–Crippen LogP) is 3.87. The van der Waals surface area contributed by atoms with Crippen LogP contribution < -0.4 is 0 Å². The van der Waals surface area contributed by atoms with Gasteiger partial charge in [-0.1, -0.05) is 31.5 Å². The number of carbonyl (C=O) groups excluding carboxylic acids is 1. The molecule has 0 aliphatic rings. The van der Waals surface area contributed by atoms with Gasteiger partial charge in [-0.05, 0) is 46.8 Å². The second-order valence-corrected chi connectivity index (χ2v) is 4.19. The van der Waals surface area contributed by atoms with Gasteiger partial charge in [-0.15, -0.1) is 0 Å². The monoisotopic (exact) mass is 254 g/mol. The van der Waals surface area contributed by atoms with E-state index in [4.69, 9.17) is 0 Å². The van der Waals surface area contributed by atoms with Crippen molar-refractivity contribution in [3.05, 3.63) is 34.9 Å². The predicted molar refractivity (Wildman–Crippen MR) is 63.0 cm³/mol. The van der Waals surface area contributed by atoms with Gasteiger partial charge < -0.3 is 0 Å². The molecule has 1 nitrogen and oxygen atoms in total. The minimum atomic E-state index is -0.0200. The summed E-state index contributed by atoms with van der Waals surface area (Å²) in [7, 11) is 0. The normalized spacial score (nSPS) is 10.2. The third-order valence-electron chi connectivity index (χ3n) is 2.46. The molecule has 1 aromatic carbocycles. The Morgan fingerprint density at radius 1 is 1.43 bits per heavy atom. The van der Waals surface area contributed by atoms with Crippen molar-refractivity contribution in [2.24, 2.45) is 0 Å². The number of unbranched alkanes of at least 4 members (excludes halogenated alkanes) is 1. The fourth-order valence-corrected chi connectivity index (χ4v) is 1.96. The van der Waals surface area contributed by atoms with Crippen LogP contribution in [0, 0.1) is 6.92 Å². The first-order valence-corrected chi connectivity index (χ1v) is 5.74. The molecule has 0 aliphatic heterocycles. The van der Waals surface area contributed by atoms with Gasteiger partial charge in [0.15, 0.2) is 0 Å². The van der Waals surface area contributed by atoms with Crippen molar-refractivity contribution >= 4 is 20.6 Å². The molecule has 1 rings (SSSR count). The molecular weight excluding hydrogens is 240 g/mol. The summed E-state index contributed by atoms with van der Waals surface area (Å²) in [4.78, 5) is 11.2. The van der Waals surface area contributed by atoms with E-state index < -0.39 is 0 Å². The van der Waals surface area contributed by atoms with Crippen molar-refractivity contribution in [2.75, 3.05) is 0 Å². The Balaban J connectivity index is 2.95. The maximum Gasteiger partial charge on any atom is 0.228 e. The molecule has 0 fully saturated rings. The molecule has 0 N–H and O–H groups in total. The first-order valence-electron chi connectivity index (χ1n) is 4.95. The van der Waals surface area contributed by atoms with Gasteiger partial charge in [0.1, 0.15) is 0 Å². The highest BCUT2D eigenvalue weighted by molar-refractivity contribution is 9.18. The van der Waals surface area contributed by atoms with Crippen molar-refractivity contribution in [3.63, 3.8) is 0 Å². The zero-order chi connectivity index (χ0) is 10.6. The highest BCUT2D eigenvalue weighted by Crippen LogP contribution is 2.18. The Morgan fingerprint density at radius 2 is 2.14 bits per heavy atom. The van der Waals surface area contributed by atoms with Gasteiger partial charge >= 0.3 is 0 Å². The fourth-order valence-electron chi connectivity index (χ4n) is 1.53. The molecule has 0 bridgehead atoms. The molecule has 0 radical (unpaired) electrons. The summed E-state index contributed by atoms with van der Waals surface area (Å²) in [5.74, 6) is 0. The van der Waals surface area contributed by atoms with Crippen LogP contribution in [0.2, 0.25) is 0 Å². The lowest BCUT2D eigenvalue weighted by Gasteiger charge is -2.07. The Labute approximate surface area is 93.7 Å². The summed E-state index contributed by atoms with van der Waals surface area (Å²) in [5, 5.41) is 0. The molecule has 76 valence electrons. The van der Waals surface area contributed by atoms with Gasteiger partial charge in [-0.25, -0.2) is 0 Å². The summed E-state index contributed by atoms with van der Waals surface area (Å²) in [6.45, 7) is 4.19. The molecule has 0 aromatic heterocycles. The lowest BCUT2D eigenvalue weighted by molar-refractivity contribution is 0.109. The van der Waals surface area contributed by atoms with Crippen LogP contribution in [0.3, 0.4) is 0 Å². The van der Waals surface area contributed by atoms with Gasteiger partial charge in [0.2, 0.25) is 4.69 Å². The average Bonchev–Trinajstić information content (AvgIpc) is 2.16. The average molecular weight is 255 g/mol. The molecule has 0 saturated heterocycles. The first kappa shape index (κ1) is 11.4. The highest BCUT2D eigenvalue weighted by Gasteiger charge is 2.07. The number of hydrogen-bond acceptors (Lipinski definition) is 1. The molecule has 2 heteroatoms. The van der Waals surface area contributed by atoms with Crippen molar-refractivity contribution < 1.29 is 4.79 Å². The van der Waals surface area contributed by atoms with Gasteiger partial charge in [0.05, 0.1) is 0 Å². The van der Waals surface area contributed by atoms with E-state index in [1.165, 1.54) is 18.4 Å².